The fourth-order valence-electron chi connectivity index (χ4n) is 3.57. The number of fused-ring (bicyclic) bond motifs is 1. The molecule has 1 N–H and O–H groups in total. The zero-order valence-electron chi connectivity index (χ0n) is 12.5. The Morgan fingerprint density at radius 1 is 1.35 bits per heavy atom. The first-order valence-electron chi connectivity index (χ1n) is 7.95. The number of para-hydroxylation sites is 1. The van der Waals surface area contributed by atoms with Gasteiger partial charge in [-0.2, -0.15) is 0 Å². The Balaban J connectivity index is 1.71. The van der Waals surface area contributed by atoms with E-state index in [-0.39, 0.29) is 0 Å². The molecule has 1 saturated heterocycles. The van der Waals surface area contributed by atoms with Crippen LogP contribution in [0.5, 0.6) is 5.75 Å². The van der Waals surface area contributed by atoms with Crippen LogP contribution in [0, 0.1) is 5.41 Å². The second kappa shape index (κ2) is 6.15. The molecule has 0 bridgehead atoms. The molecule has 2 heterocycles. The summed E-state index contributed by atoms with van der Waals surface area (Å²) in [4.78, 5) is 2.59. The molecule has 20 heavy (non-hydrogen) atoms. The molecule has 1 fully saturated rings. The van der Waals surface area contributed by atoms with Crippen LogP contribution in [-0.4, -0.2) is 37.7 Å². The largest absolute Gasteiger partial charge is 0.492 e. The van der Waals surface area contributed by atoms with Gasteiger partial charge < -0.3 is 10.1 Å². The highest BCUT2D eigenvalue weighted by atomic mass is 16.5. The van der Waals surface area contributed by atoms with Crippen LogP contribution in [0.1, 0.15) is 31.7 Å². The summed E-state index contributed by atoms with van der Waals surface area (Å²) in [6.45, 7) is 8.76. The number of nitrogens with one attached hydrogen (secondary N) is 1. The topological polar surface area (TPSA) is 24.5 Å². The predicted molar refractivity (Wildman–Crippen MR) is 82.0 cm³/mol. The summed E-state index contributed by atoms with van der Waals surface area (Å²) in [6, 6.07) is 8.47. The first-order chi connectivity index (χ1) is 9.81. The van der Waals surface area contributed by atoms with Crippen molar-refractivity contribution in [2.75, 3.05) is 32.8 Å². The quantitative estimate of drug-likeness (QED) is 0.917. The zero-order chi connectivity index (χ0) is 13.8. The molecule has 1 aromatic carbocycles. The van der Waals surface area contributed by atoms with Crippen LogP contribution < -0.4 is 10.1 Å². The minimum Gasteiger partial charge on any atom is -0.492 e. The van der Waals surface area contributed by atoms with Crippen molar-refractivity contribution < 1.29 is 4.74 Å². The molecule has 2 aliphatic rings. The van der Waals surface area contributed by atoms with Crippen molar-refractivity contribution in [1.29, 1.82) is 0 Å². The van der Waals surface area contributed by atoms with E-state index in [1.54, 1.807) is 0 Å². The van der Waals surface area contributed by atoms with Crippen molar-refractivity contribution >= 4 is 0 Å². The average Bonchev–Trinajstić information content (AvgIpc) is 2.69. The summed E-state index contributed by atoms with van der Waals surface area (Å²) in [6.07, 6.45) is 3.93. The Bertz CT molecular complexity index is 440. The number of hydrogen-bond acceptors (Lipinski definition) is 3. The number of piperidine rings is 1. The van der Waals surface area contributed by atoms with Gasteiger partial charge in [0.25, 0.3) is 0 Å². The molecule has 1 unspecified atom stereocenters. The minimum atomic E-state index is 0.456. The lowest BCUT2D eigenvalue weighted by molar-refractivity contribution is 0.102. The van der Waals surface area contributed by atoms with Crippen LogP contribution in [0.4, 0.5) is 0 Å². The summed E-state index contributed by atoms with van der Waals surface area (Å²) < 4.78 is 5.88. The van der Waals surface area contributed by atoms with Crippen molar-refractivity contribution in [2.24, 2.45) is 5.41 Å². The third-order valence-electron chi connectivity index (χ3n) is 4.90. The van der Waals surface area contributed by atoms with E-state index in [4.69, 9.17) is 4.74 Å². The van der Waals surface area contributed by atoms with E-state index < -0.39 is 0 Å². The minimum absolute atomic E-state index is 0.456. The molecule has 1 aromatic rings. The van der Waals surface area contributed by atoms with Crippen molar-refractivity contribution in [2.45, 2.75) is 32.7 Å². The predicted octanol–water partition coefficient (Wildman–Crippen LogP) is 2.66. The zero-order valence-corrected chi connectivity index (χ0v) is 12.5. The smallest absolute Gasteiger partial charge is 0.123 e. The van der Waals surface area contributed by atoms with Crippen LogP contribution in [0.3, 0.4) is 0 Å². The molecule has 3 heteroatoms. The van der Waals surface area contributed by atoms with E-state index in [9.17, 15) is 0 Å². The Labute approximate surface area is 122 Å². The normalized spacial score (nSPS) is 27.4. The van der Waals surface area contributed by atoms with E-state index in [1.807, 2.05) is 0 Å². The Hall–Kier alpha value is -1.06. The first-order valence-corrected chi connectivity index (χ1v) is 7.95. The lowest BCUT2D eigenvalue weighted by Gasteiger charge is -2.40. The lowest BCUT2D eigenvalue weighted by Crippen LogP contribution is -2.47. The van der Waals surface area contributed by atoms with E-state index in [0.717, 1.165) is 25.4 Å². The van der Waals surface area contributed by atoms with Gasteiger partial charge in [-0.05, 0) is 37.3 Å². The SMILES string of the molecule is CCC1(CN2CCOc3ccccc3C2)CCCNC1. The molecule has 110 valence electrons. The molecular formula is C17H26N2O. The number of ether oxygens (including phenoxy) is 1. The van der Waals surface area contributed by atoms with Gasteiger partial charge in [0.1, 0.15) is 12.4 Å². The van der Waals surface area contributed by atoms with Crippen molar-refractivity contribution in [3.05, 3.63) is 29.8 Å². The van der Waals surface area contributed by atoms with E-state index in [0.29, 0.717) is 5.41 Å². The third kappa shape index (κ3) is 2.99. The van der Waals surface area contributed by atoms with Crippen LogP contribution in [0.2, 0.25) is 0 Å². The van der Waals surface area contributed by atoms with Gasteiger partial charge >= 0.3 is 0 Å². The molecular weight excluding hydrogens is 248 g/mol. The number of nitrogens with zero attached hydrogens (tertiary/aromatic N) is 1. The summed E-state index contributed by atoms with van der Waals surface area (Å²) in [7, 11) is 0. The molecule has 2 aliphatic heterocycles. The summed E-state index contributed by atoms with van der Waals surface area (Å²) in [5, 5.41) is 3.59. The molecule has 0 aromatic heterocycles. The van der Waals surface area contributed by atoms with E-state index in [1.165, 1.54) is 44.5 Å². The van der Waals surface area contributed by atoms with E-state index >= 15 is 0 Å². The van der Waals surface area contributed by atoms with Crippen molar-refractivity contribution in [3.63, 3.8) is 0 Å². The van der Waals surface area contributed by atoms with Crippen LogP contribution in [0.15, 0.2) is 24.3 Å². The maximum atomic E-state index is 5.88. The molecule has 0 amide bonds. The Kier molecular flexibility index (Phi) is 4.27. The molecule has 1 atom stereocenters. The van der Waals surface area contributed by atoms with Crippen molar-refractivity contribution in [1.82, 2.24) is 10.2 Å². The lowest BCUT2D eigenvalue weighted by atomic mass is 9.78. The molecule has 0 saturated carbocycles. The van der Waals surface area contributed by atoms with Gasteiger partial charge in [-0.1, -0.05) is 25.1 Å². The second-order valence-corrected chi connectivity index (χ2v) is 6.30. The molecule has 0 radical (unpaired) electrons. The number of rotatable bonds is 3. The highest BCUT2D eigenvalue weighted by Crippen LogP contribution is 2.32. The standard InChI is InChI=1S/C17H26N2O/c1-2-17(8-5-9-18-13-17)14-19-10-11-20-16-7-4-3-6-15(16)12-19/h3-4,6-7,18H,2,5,8-14H2,1H3. The fraction of sp³-hybridized carbons (Fsp3) is 0.647. The van der Waals surface area contributed by atoms with Crippen LogP contribution in [0.25, 0.3) is 0 Å². The van der Waals surface area contributed by atoms with Gasteiger partial charge in [0.05, 0.1) is 0 Å². The van der Waals surface area contributed by atoms with Gasteiger partial charge in [0.15, 0.2) is 0 Å². The van der Waals surface area contributed by atoms with Gasteiger partial charge in [-0.3, -0.25) is 4.90 Å². The van der Waals surface area contributed by atoms with Crippen LogP contribution in [-0.2, 0) is 6.54 Å². The van der Waals surface area contributed by atoms with Crippen molar-refractivity contribution in [3.8, 4) is 5.75 Å². The highest BCUT2D eigenvalue weighted by molar-refractivity contribution is 5.33. The van der Waals surface area contributed by atoms with Gasteiger partial charge in [-0.15, -0.1) is 0 Å². The van der Waals surface area contributed by atoms with Gasteiger partial charge in [-0.25, -0.2) is 0 Å². The van der Waals surface area contributed by atoms with E-state index in [2.05, 4.69) is 41.4 Å². The molecule has 3 nitrogen and oxygen atoms in total. The summed E-state index contributed by atoms with van der Waals surface area (Å²) in [5.74, 6) is 1.07. The summed E-state index contributed by atoms with van der Waals surface area (Å²) >= 11 is 0. The number of benzene rings is 1. The average molecular weight is 274 g/mol. The monoisotopic (exact) mass is 274 g/mol. The second-order valence-electron chi connectivity index (χ2n) is 6.30. The highest BCUT2D eigenvalue weighted by Gasteiger charge is 2.32. The Morgan fingerprint density at radius 2 is 2.25 bits per heavy atom. The first kappa shape index (κ1) is 13.9. The maximum Gasteiger partial charge on any atom is 0.123 e. The summed E-state index contributed by atoms with van der Waals surface area (Å²) in [5.41, 5.74) is 1.79. The third-order valence-corrected chi connectivity index (χ3v) is 4.90. The Morgan fingerprint density at radius 3 is 3.05 bits per heavy atom. The molecule has 0 spiro atoms. The van der Waals surface area contributed by atoms with Crippen LogP contribution >= 0.6 is 0 Å². The maximum absolute atomic E-state index is 5.88. The van der Waals surface area contributed by atoms with Gasteiger partial charge in [0.2, 0.25) is 0 Å². The van der Waals surface area contributed by atoms with Gasteiger partial charge in [0, 0.05) is 31.7 Å². The molecule has 3 rings (SSSR count). The number of hydrogen-bond donors (Lipinski definition) is 1. The fourth-order valence-corrected chi connectivity index (χ4v) is 3.57. The molecule has 0 aliphatic carbocycles.